The molecular formula is C15H17NO3S. The van der Waals surface area contributed by atoms with Gasteiger partial charge in [0, 0.05) is 4.88 Å². The molecule has 2 N–H and O–H groups in total. The lowest BCUT2D eigenvalue weighted by molar-refractivity contribution is -0.123. The molecule has 1 atom stereocenters. The predicted octanol–water partition coefficient (Wildman–Crippen LogP) is 2.50. The molecule has 0 saturated heterocycles. The second kappa shape index (κ2) is 7.07. The number of aliphatic hydroxyl groups excluding tert-OH is 1. The Hall–Kier alpha value is -1.85. The molecule has 1 aromatic heterocycles. The minimum atomic E-state index is -0.155. The van der Waals surface area contributed by atoms with Gasteiger partial charge in [0.2, 0.25) is 0 Å². The summed E-state index contributed by atoms with van der Waals surface area (Å²) in [7, 11) is 0. The van der Waals surface area contributed by atoms with Crippen LogP contribution in [0.15, 0.2) is 41.8 Å². The first-order chi connectivity index (χ1) is 9.69. The van der Waals surface area contributed by atoms with Crippen molar-refractivity contribution in [1.82, 2.24) is 5.32 Å². The van der Waals surface area contributed by atoms with E-state index in [1.807, 2.05) is 24.4 Å². The summed E-state index contributed by atoms with van der Waals surface area (Å²) in [6, 6.07) is 10.9. The summed E-state index contributed by atoms with van der Waals surface area (Å²) in [6.45, 7) is 1.92. The first-order valence-corrected chi connectivity index (χ1v) is 7.22. The van der Waals surface area contributed by atoms with Crippen molar-refractivity contribution < 1.29 is 14.6 Å². The summed E-state index contributed by atoms with van der Waals surface area (Å²) < 4.78 is 5.40. The van der Waals surface area contributed by atoms with Crippen molar-refractivity contribution in [2.45, 2.75) is 19.6 Å². The van der Waals surface area contributed by atoms with Gasteiger partial charge in [0.15, 0.2) is 6.61 Å². The Morgan fingerprint density at radius 1 is 1.35 bits per heavy atom. The summed E-state index contributed by atoms with van der Waals surface area (Å²) in [5.74, 6) is 0.457. The first kappa shape index (κ1) is 14.6. The highest BCUT2D eigenvalue weighted by Crippen LogP contribution is 2.18. The van der Waals surface area contributed by atoms with E-state index in [1.54, 1.807) is 35.6 Å². The smallest absolute Gasteiger partial charge is 0.258 e. The van der Waals surface area contributed by atoms with Gasteiger partial charge in [-0.15, -0.1) is 11.3 Å². The molecule has 0 saturated carbocycles. The molecule has 2 aromatic rings. The van der Waals surface area contributed by atoms with Crippen molar-refractivity contribution >= 4 is 17.2 Å². The van der Waals surface area contributed by atoms with E-state index in [0.717, 1.165) is 10.4 Å². The highest BCUT2D eigenvalue weighted by molar-refractivity contribution is 7.10. The number of nitrogens with one attached hydrogen (secondary N) is 1. The van der Waals surface area contributed by atoms with Gasteiger partial charge < -0.3 is 15.2 Å². The molecule has 0 radical (unpaired) electrons. The number of rotatable bonds is 6. The molecule has 2 rings (SSSR count). The Morgan fingerprint density at radius 3 is 2.70 bits per heavy atom. The number of carbonyl (C=O) groups excluding carboxylic acids is 1. The molecular weight excluding hydrogens is 274 g/mol. The van der Waals surface area contributed by atoms with Gasteiger partial charge in [0.1, 0.15) is 5.75 Å². The molecule has 5 heteroatoms. The average molecular weight is 291 g/mol. The summed E-state index contributed by atoms with van der Waals surface area (Å²) in [5, 5.41) is 13.8. The predicted molar refractivity (Wildman–Crippen MR) is 78.7 cm³/mol. The van der Waals surface area contributed by atoms with Crippen LogP contribution in [0, 0.1) is 0 Å². The second-order valence-electron chi connectivity index (χ2n) is 4.40. The molecule has 0 fully saturated rings. The third-order valence-corrected chi connectivity index (χ3v) is 3.88. The average Bonchev–Trinajstić information content (AvgIpc) is 3.00. The van der Waals surface area contributed by atoms with Crippen molar-refractivity contribution in [2.24, 2.45) is 0 Å². The number of aliphatic hydroxyl groups is 1. The molecule has 1 aromatic carbocycles. The zero-order valence-corrected chi connectivity index (χ0v) is 12.0. The SMILES string of the molecule is CC(NC(=O)COc1ccc(CO)cc1)c1cccs1. The number of ether oxygens (including phenoxy) is 1. The van der Waals surface area contributed by atoms with Gasteiger partial charge in [0.05, 0.1) is 12.6 Å². The van der Waals surface area contributed by atoms with E-state index in [2.05, 4.69) is 5.32 Å². The van der Waals surface area contributed by atoms with E-state index < -0.39 is 0 Å². The van der Waals surface area contributed by atoms with Crippen molar-refractivity contribution in [1.29, 1.82) is 0 Å². The third kappa shape index (κ3) is 4.08. The Kier molecular flexibility index (Phi) is 5.15. The number of thiophene rings is 1. The number of amides is 1. The molecule has 4 nitrogen and oxygen atoms in total. The van der Waals surface area contributed by atoms with E-state index in [4.69, 9.17) is 9.84 Å². The normalized spacial score (nSPS) is 11.9. The van der Waals surface area contributed by atoms with Gasteiger partial charge in [-0.2, -0.15) is 0 Å². The highest BCUT2D eigenvalue weighted by Gasteiger charge is 2.10. The zero-order chi connectivity index (χ0) is 14.4. The Labute approximate surface area is 122 Å². The molecule has 0 spiro atoms. The van der Waals surface area contributed by atoms with Crippen molar-refractivity contribution in [3.05, 3.63) is 52.2 Å². The van der Waals surface area contributed by atoms with Crippen LogP contribution >= 0.6 is 11.3 Å². The van der Waals surface area contributed by atoms with Crippen molar-refractivity contribution in [2.75, 3.05) is 6.61 Å². The quantitative estimate of drug-likeness (QED) is 0.859. The van der Waals surface area contributed by atoms with Gasteiger partial charge in [-0.1, -0.05) is 18.2 Å². The summed E-state index contributed by atoms with van der Waals surface area (Å²) >= 11 is 1.61. The fourth-order valence-electron chi connectivity index (χ4n) is 1.73. The summed E-state index contributed by atoms with van der Waals surface area (Å²) in [5.41, 5.74) is 0.813. The number of hydrogen-bond donors (Lipinski definition) is 2. The van der Waals surface area contributed by atoms with E-state index in [1.165, 1.54) is 0 Å². The summed E-state index contributed by atoms with van der Waals surface area (Å²) in [6.07, 6.45) is 0. The Balaban J connectivity index is 1.79. The highest BCUT2D eigenvalue weighted by atomic mass is 32.1. The van der Waals surface area contributed by atoms with Gasteiger partial charge >= 0.3 is 0 Å². The number of benzene rings is 1. The van der Waals surface area contributed by atoms with Gasteiger partial charge in [0.25, 0.3) is 5.91 Å². The maximum Gasteiger partial charge on any atom is 0.258 e. The summed E-state index contributed by atoms with van der Waals surface area (Å²) in [4.78, 5) is 12.9. The van der Waals surface area contributed by atoms with Crippen LogP contribution in [0.3, 0.4) is 0 Å². The maximum absolute atomic E-state index is 11.8. The molecule has 0 bridgehead atoms. The Bertz CT molecular complexity index is 537. The largest absolute Gasteiger partial charge is 0.484 e. The lowest BCUT2D eigenvalue weighted by atomic mass is 10.2. The van der Waals surface area contributed by atoms with Crippen LogP contribution in [0.4, 0.5) is 0 Å². The molecule has 1 heterocycles. The van der Waals surface area contributed by atoms with Gasteiger partial charge in [-0.3, -0.25) is 4.79 Å². The fraction of sp³-hybridized carbons (Fsp3) is 0.267. The molecule has 0 aliphatic carbocycles. The van der Waals surface area contributed by atoms with Gasteiger partial charge in [-0.25, -0.2) is 0 Å². The van der Waals surface area contributed by atoms with Crippen molar-refractivity contribution in [3.8, 4) is 5.75 Å². The van der Waals surface area contributed by atoms with Crippen LogP contribution in [-0.4, -0.2) is 17.6 Å². The maximum atomic E-state index is 11.8. The molecule has 1 amide bonds. The molecule has 0 aliphatic heterocycles. The molecule has 20 heavy (non-hydrogen) atoms. The number of hydrogen-bond acceptors (Lipinski definition) is 4. The monoisotopic (exact) mass is 291 g/mol. The third-order valence-electron chi connectivity index (χ3n) is 2.82. The van der Waals surface area contributed by atoms with Crippen LogP contribution in [0.2, 0.25) is 0 Å². The number of carbonyl (C=O) groups is 1. The van der Waals surface area contributed by atoms with Crippen molar-refractivity contribution in [3.63, 3.8) is 0 Å². The lowest BCUT2D eigenvalue weighted by Gasteiger charge is -2.12. The zero-order valence-electron chi connectivity index (χ0n) is 11.2. The van der Waals surface area contributed by atoms with E-state index >= 15 is 0 Å². The van der Waals surface area contributed by atoms with E-state index in [9.17, 15) is 4.79 Å². The minimum absolute atomic E-state index is 0.000898. The van der Waals surface area contributed by atoms with E-state index in [0.29, 0.717) is 5.75 Å². The molecule has 106 valence electrons. The molecule has 1 unspecified atom stereocenters. The van der Waals surface area contributed by atoms with Gasteiger partial charge in [-0.05, 0) is 36.1 Å². The van der Waals surface area contributed by atoms with Crippen LogP contribution in [0.1, 0.15) is 23.4 Å². The first-order valence-electron chi connectivity index (χ1n) is 6.34. The van der Waals surface area contributed by atoms with Crippen LogP contribution in [0.25, 0.3) is 0 Å². The van der Waals surface area contributed by atoms with E-state index in [-0.39, 0.29) is 25.2 Å². The van der Waals surface area contributed by atoms with Crippen LogP contribution in [0.5, 0.6) is 5.75 Å². The molecule has 0 aliphatic rings. The standard InChI is InChI=1S/C15H17NO3S/c1-11(14-3-2-8-20-14)16-15(18)10-19-13-6-4-12(9-17)5-7-13/h2-8,11,17H,9-10H2,1H3,(H,16,18). The lowest BCUT2D eigenvalue weighted by Crippen LogP contribution is -2.30. The topological polar surface area (TPSA) is 58.6 Å². The van der Waals surface area contributed by atoms with Crippen LogP contribution < -0.4 is 10.1 Å². The van der Waals surface area contributed by atoms with Crippen LogP contribution in [-0.2, 0) is 11.4 Å². The Morgan fingerprint density at radius 2 is 2.10 bits per heavy atom. The minimum Gasteiger partial charge on any atom is -0.484 e. The fourth-order valence-corrected chi connectivity index (χ4v) is 2.47. The second-order valence-corrected chi connectivity index (χ2v) is 5.37.